The fourth-order valence-electron chi connectivity index (χ4n) is 1.31. The number of ether oxygens (including phenoxy) is 2. The molecule has 1 aromatic carbocycles. The van der Waals surface area contributed by atoms with Crippen LogP contribution in [0.15, 0.2) is 23.1 Å². The van der Waals surface area contributed by atoms with E-state index >= 15 is 0 Å². The molecule has 0 atom stereocenters. The van der Waals surface area contributed by atoms with Gasteiger partial charge in [0.05, 0.1) is 0 Å². The van der Waals surface area contributed by atoms with Crippen molar-refractivity contribution in [3.8, 4) is 11.5 Å². The monoisotopic (exact) mass is 198 g/mol. The van der Waals surface area contributed by atoms with E-state index in [4.69, 9.17) is 9.47 Å². The minimum Gasteiger partial charge on any atom is -0.486 e. The number of hydrogen-bond acceptors (Lipinski definition) is 2. The minimum atomic E-state index is -0.0464. The van der Waals surface area contributed by atoms with E-state index in [1.54, 1.807) is 0 Å². The number of thiol groups is 1. The van der Waals surface area contributed by atoms with Crippen molar-refractivity contribution in [1.29, 1.82) is 0 Å². The molecule has 0 fully saturated rings. The molecule has 0 saturated carbocycles. The van der Waals surface area contributed by atoms with E-state index in [1.807, 2.05) is 6.07 Å². The quantitative estimate of drug-likeness (QED) is 0.696. The molecule has 0 unspecified atom stereocenters. The average Bonchev–Trinajstić information content (AvgIpc) is 2.17. The van der Waals surface area contributed by atoms with Gasteiger partial charge in [-0.1, -0.05) is 0 Å². The molecule has 0 bridgehead atoms. The second kappa shape index (κ2) is 3.50. The zero-order valence-corrected chi connectivity index (χ0v) is 8.80. The molecule has 3 heteroatoms. The van der Waals surface area contributed by atoms with Crippen molar-refractivity contribution in [2.45, 2.75) is 4.90 Å². The van der Waals surface area contributed by atoms with Gasteiger partial charge in [0.1, 0.15) is 13.2 Å². The topological polar surface area (TPSA) is 18.5 Å². The largest absolute Gasteiger partial charge is 0.486 e. The smallest absolute Gasteiger partial charge is 0.162 e. The molecule has 1 aliphatic rings. The summed E-state index contributed by atoms with van der Waals surface area (Å²) in [5, 5.41) is 0. The third-order valence-electron chi connectivity index (χ3n) is 2.04. The first-order valence-electron chi connectivity index (χ1n) is 4.34. The van der Waals surface area contributed by atoms with Crippen LogP contribution in [-0.2, 0) is 0 Å². The third-order valence-corrected chi connectivity index (χ3v) is 3.35. The van der Waals surface area contributed by atoms with Crippen LogP contribution in [0.25, 0.3) is 0 Å². The molecule has 2 rings (SSSR count). The Labute approximate surface area is 81.2 Å². The van der Waals surface area contributed by atoms with E-state index in [1.165, 1.54) is 4.90 Å². The van der Waals surface area contributed by atoms with Gasteiger partial charge in [0.2, 0.25) is 0 Å². The fourth-order valence-corrected chi connectivity index (χ4v) is 2.06. The molecule has 0 spiro atoms. The van der Waals surface area contributed by atoms with Crippen molar-refractivity contribution in [2.75, 3.05) is 25.7 Å². The molecule has 1 aromatic rings. The molecular weight excluding hydrogens is 184 g/mol. The second-order valence-corrected chi connectivity index (χ2v) is 5.53. The number of hydrogen-bond donors (Lipinski definition) is 1. The van der Waals surface area contributed by atoms with Crippen molar-refractivity contribution in [1.82, 2.24) is 0 Å². The SMILES string of the molecule is C[SH](C)c1ccc2c(c1)OCCO2. The Balaban J connectivity index is 2.35. The molecule has 72 valence electrons. The highest BCUT2D eigenvalue weighted by molar-refractivity contribution is 8.15. The molecule has 2 nitrogen and oxygen atoms in total. The van der Waals surface area contributed by atoms with Crippen molar-refractivity contribution in [3.63, 3.8) is 0 Å². The van der Waals surface area contributed by atoms with Crippen LogP contribution in [0.2, 0.25) is 0 Å². The maximum Gasteiger partial charge on any atom is 0.162 e. The summed E-state index contributed by atoms with van der Waals surface area (Å²) in [5.74, 6) is 1.78. The van der Waals surface area contributed by atoms with Crippen LogP contribution in [0.3, 0.4) is 0 Å². The highest BCUT2D eigenvalue weighted by Crippen LogP contribution is 2.37. The van der Waals surface area contributed by atoms with Gasteiger partial charge in [-0.05, 0) is 35.6 Å². The molecular formula is C10H14O2S. The van der Waals surface area contributed by atoms with Crippen molar-refractivity contribution >= 4 is 10.9 Å². The highest BCUT2D eigenvalue weighted by Gasteiger charge is 2.11. The Bertz CT molecular complexity index is 310. The summed E-state index contributed by atoms with van der Waals surface area (Å²) >= 11 is 0. The Hall–Kier alpha value is -0.830. The summed E-state index contributed by atoms with van der Waals surface area (Å²) in [6.45, 7) is 1.33. The van der Waals surface area contributed by atoms with Gasteiger partial charge in [0, 0.05) is 0 Å². The lowest BCUT2D eigenvalue weighted by Crippen LogP contribution is -2.15. The average molecular weight is 198 g/mol. The number of benzene rings is 1. The van der Waals surface area contributed by atoms with E-state index in [0.29, 0.717) is 13.2 Å². The second-order valence-electron chi connectivity index (χ2n) is 3.22. The van der Waals surface area contributed by atoms with Gasteiger partial charge in [0.25, 0.3) is 0 Å². The molecule has 13 heavy (non-hydrogen) atoms. The molecule has 0 amide bonds. The fraction of sp³-hybridized carbons (Fsp3) is 0.400. The Morgan fingerprint density at radius 1 is 1.08 bits per heavy atom. The zero-order chi connectivity index (χ0) is 9.26. The normalized spacial score (nSPS) is 15.4. The summed E-state index contributed by atoms with van der Waals surface area (Å²) in [6.07, 6.45) is 4.47. The molecule has 0 radical (unpaired) electrons. The lowest BCUT2D eigenvalue weighted by atomic mass is 10.3. The molecule has 1 aliphatic heterocycles. The van der Waals surface area contributed by atoms with Crippen LogP contribution in [0.4, 0.5) is 0 Å². The van der Waals surface area contributed by atoms with Crippen LogP contribution in [-0.4, -0.2) is 25.7 Å². The van der Waals surface area contributed by atoms with Crippen LogP contribution in [0.5, 0.6) is 11.5 Å². The van der Waals surface area contributed by atoms with Crippen LogP contribution in [0, 0.1) is 0 Å². The first-order valence-corrected chi connectivity index (χ1v) is 6.58. The van der Waals surface area contributed by atoms with E-state index in [0.717, 1.165) is 11.5 Å². The van der Waals surface area contributed by atoms with Gasteiger partial charge in [0.15, 0.2) is 11.5 Å². The molecule has 0 aliphatic carbocycles. The van der Waals surface area contributed by atoms with Crippen LogP contribution < -0.4 is 9.47 Å². The van der Waals surface area contributed by atoms with Gasteiger partial charge in [-0.15, -0.1) is 0 Å². The molecule has 0 N–H and O–H groups in total. The van der Waals surface area contributed by atoms with Crippen molar-refractivity contribution in [2.24, 2.45) is 0 Å². The predicted octanol–water partition coefficient (Wildman–Crippen LogP) is 2.08. The molecule has 0 saturated heterocycles. The lowest BCUT2D eigenvalue weighted by molar-refractivity contribution is 0.171. The van der Waals surface area contributed by atoms with Gasteiger partial charge in [-0.3, -0.25) is 0 Å². The van der Waals surface area contributed by atoms with E-state index in [-0.39, 0.29) is 10.9 Å². The van der Waals surface area contributed by atoms with Gasteiger partial charge >= 0.3 is 0 Å². The predicted molar refractivity (Wildman–Crippen MR) is 56.5 cm³/mol. The number of rotatable bonds is 1. The van der Waals surface area contributed by atoms with E-state index in [2.05, 4.69) is 24.6 Å². The number of fused-ring (bicyclic) bond motifs is 1. The van der Waals surface area contributed by atoms with Crippen molar-refractivity contribution < 1.29 is 9.47 Å². The first-order chi connectivity index (χ1) is 6.27. The summed E-state index contributed by atoms with van der Waals surface area (Å²) in [7, 11) is -0.0464. The Kier molecular flexibility index (Phi) is 2.36. The zero-order valence-electron chi connectivity index (χ0n) is 7.91. The van der Waals surface area contributed by atoms with E-state index in [9.17, 15) is 0 Å². The summed E-state index contributed by atoms with van der Waals surface area (Å²) in [6, 6.07) is 6.23. The summed E-state index contributed by atoms with van der Waals surface area (Å²) in [4.78, 5) is 1.36. The Morgan fingerprint density at radius 3 is 2.46 bits per heavy atom. The molecule has 1 heterocycles. The van der Waals surface area contributed by atoms with Crippen molar-refractivity contribution in [3.05, 3.63) is 18.2 Å². The van der Waals surface area contributed by atoms with Crippen LogP contribution in [0.1, 0.15) is 0 Å². The highest BCUT2D eigenvalue weighted by atomic mass is 32.2. The van der Waals surface area contributed by atoms with Crippen LogP contribution >= 0.6 is 10.9 Å². The van der Waals surface area contributed by atoms with Gasteiger partial charge in [-0.25, -0.2) is 10.9 Å². The van der Waals surface area contributed by atoms with E-state index < -0.39 is 0 Å². The first kappa shape index (κ1) is 8.75. The lowest BCUT2D eigenvalue weighted by Gasteiger charge is -2.20. The third kappa shape index (κ3) is 1.75. The maximum absolute atomic E-state index is 5.50. The van der Waals surface area contributed by atoms with Gasteiger partial charge in [-0.2, -0.15) is 0 Å². The maximum atomic E-state index is 5.50. The standard InChI is InChI=1S/C10H14O2S/c1-13(2)8-3-4-9-10(7-8)12-6-5-11-9/h3-4,7,13H,5-6H2,1-2H3. The minimum absolute atomic E-state index is 0.0464. The summed E-state index contributed by atoms with van der Waals surface area (Å²) in [5.41, 5.74) is 0. The summed E-state index contributed by atoms with van der Waals surface area (Å²) < 4.78 is 10.9. The van der Waals surface area contributed by atoms with Gasteiger partial charge < -0.3 is 9.47 Å². The Morgan fingerprint density at radius 2 is 1.77 bits per heavy atom. The molecule has 0 aromatic heterocycles.